The fourth-order valence-corrected chi connectivity index (χ4v) is 2.82. The quantitative estimate of drug-likeness (QED) is 0.303. The maximum absolute atomic E-state index is 9.28. The molecular formula is C21H35N3O2. The molecule has 0 spiro atoms. The minimum atomic E-state index is 0.223. The van der Waals surface area contributed by atoms with E-state index in [-0.39, 0.29) is 6.61 Å². The topological polar surface area (TPSA) is 65.9 Å². The molecule has 0 fully saturated rings. The van der Waals surface area contributed by atoms with Crippen molar-refractivity contribution in [3.8, 4) is 5.75 Å². The number of benzene rings is 1. The molecule has 5 nitrogen and oxygen atoms in total. The van der Waals surface area contributed by atoms with Crippen LogP contribution in [-0.2, 0) is 6.54 Å². The second kappa shape index (κ2) is 13.2. The molecule has 1 aromatic rings. The molecule has 0 aliphatic heterocycles. The lowest BCUT2D eigenvalue weighted by Crippen LogP contribution is -2.40. The van der Waals surface area contributed by atoms with Crippen LogP contribution >= 0.6 is 0 Å². The summed E-state index contributed by atoms with van der Waals surface area (Å²) in [4.78, 5) is 4.69. The lowest BCUT2D eigenvalue weighted by atomic mass is 9.94. The highest BCUT2D eigenvalue weighted by Crippen LogP contribution is 2.19. The maximum atomic E-state index is 9.28. The predicted octanol–water partition coefficient (Wildman–Crippen LogP) is 3.35. The van der Waals surface area contributed by atoms with E-state index in [1.165, 1.54) is 0 Å². The van der Waals surface area contributed by atoms with Crippen LogP contribution in [0.15, 0.2) is 41.9 Å². The Morgan fingerprint density at radius 3 is 2.73 bits per heavy atom. The van der Waals surface area contributed by atoms with Gasteiger partial charge in [0, 0.05) is 25.3 Å². The summed E-state index contributed by atoms with van der Waals surface area (Å²) in [6.45, 7) is 13.0. The minimum absolute atomic E-state index is 0.223. The van der Waals surface area contributed by atoms with Crippen LogP contribution in [0.4, 0.5) is 0 Å². The molecule has 146 valence electrons. The van der Waals surface area contributed by atoms with Gasteiger partial charge in [-0.1, -0.05) is 44.7 Å². The van der Waals surface area contributed by atoms with Crippen molar-refractivity contribution in [3.05, 3.63) is 42.5 Å². The zero-order valence-electron chi connectivity index (χ0n) is 16.5. The van der Waals surface area contributed by atoms with Crippen molar-refractivity contribution in [3.63, 3.8) is 0 Å². The zero-order chi connectivity index (χ0) is 19.2. The lowest BCUT2D eigenvalue weighted by molar-refractivity contribution is 0.243. The first-order valence-corrected chi connectivity index (χ1v) is 9.55. The average molecular weight is 362 g/mol. The highest BCUT2D eigenvalue weighted by Gasteiger charge is 2.11. The molecule has 0 heterocycles. The molecule has 1 rings (SSSR count). The van der Waals surface area contributed by atoms with E-state index in [2.05, 4.69) is 43.0 Å². The van der Waals surface area contributed by atoms with Gasteiger partial charge < -0.3 is 20.5 Å². The van der Waals surface area contributed by atoms with Crippen molar-refractivity contribution in [2.24, 2.45) is 16.8 Å². The summed E-state index contributed by atoms with van der Waals surface area (Å²) in [7, 11) is 0. The Bertz CT molecular complexity index is 544. The summed E-state index contributed by atoms with van der Waals surface area (Å²) >= 11 is 0. The molecule has 0 amide bonds. The predicted molar refractivity (Wildman–Crippen MR) is 110 cm³/mol. The number of guanidine groups is 1. The Morgan fingerprint density at radius 2 is 2.08 bits per heavy atom. The van der Waals surface area contributed by atoms with Gasteiger partial charge in [0.25, 0.3) is 0 Å². The van der Waals surface area contributed by atoms with Gasteiger partial charge in [0.15, 0.2) is 5.96 Å². The van der Waals surface area contributed by atoms with E-state index in [1.807, 2.05) is 24.3 Å². The normalized spacial score (nSPS) is 12.7. The van der Waals surface area contributed by atoms with Crippen LogP contribution in [0.25, 0.3) is 0 Å². The summed E-state index contributed by atoms with van der Waals surface area (Å²) < 4.78 is 5.70. The van der Waals surface area contributed by atoms with Gasteiger partial charge >= 0.3 is 0 Å². The van der Waals surface area contributed by atoms with Crippen molar-refractivity contribution in [1.82, 2.24) is 10.6 Å². The molecule has 3 N–H and O–H groups in total. The van der Waals surface area contributed by atoms with E-state index in [4.69, 9.17) is 4.74 Å². The van der Waals surface area contributed by atoms with Crippen LogP contribution in [0, 0.1) is 11.8 Å². The minimum Gasteiger partial charge on any atom is -0.489 e. The van der Waals surface area contributed by atoms with Gasteiger partial charge in [0.05, 0.1) is 6.54 Å². The van der Waals surface area contributed by atoms with Crippen molar-refractivity contribution in [1.29, 1.82) is 0 Å². The second-order valence-corrected chi connectivity index (χ2v) is 6.79. The second-order valence-electron chi connectivity index (χ2n) is 6.79. The van der Waals surface area contributed by atoms with Crippen molar-refractivity contribution in [2.45, 2.75) is 40.2 Å². The Balaban J connectivity index is 2.72. The first-order valence-electron chi connectivity index (χ1n) is 9.55. The molecule has 1 aromatic carbocycles. The number of rotatable bonds is 12. The number of aliphatic imine (C=N–C) groups is 1. The SMILES string of the molecule is C=CCOc1ccccc1CN=C(NCC)NCC(CCO)CC(C)C. The highest BCUT2D eigenvalue weighted by molar-refractivity contribution is 5.79. The van der Waals surface area contributed by atoms with Crippen LogP contribution in [0.5, 0.6) is 5.75 Å². The molecule has 5 heteroatoms. The number of ether oxygens (including phenoxy) is 1. The van der Waals surface area contributed by atoms with Gasteiger partial charge in [-0.15, -0.1) is 0 Å². The third kappa shape index (κ3) is 8.90. The van der Waals surface area contributed by atoms with Crippen LogP contribution in [0.2, 0.25) is 0 Å². The van der Waals surface area contributed by atoms with Gasteiger partial charge in [-0.05, 0) is 37.7 Å². The molecule has 0 radical (unpaired) electrons. The van der Waals surface area contributed by atoms with Gasteiger partial charge in [0.2, 0.25) is 0 Å². The Labute approximate surface area is 158 Å². The first kappa shape index (κ1) is 22.0. The Hall–Kier alpha value is -2.01. The van der Waals surface area contributed by atoms with E-state index in [9.17, 15) is 5.11 Å². The van der Waals surface area contributed by atoms with Crippen LogP contribution in [-0.4, -0.2) is 37.4 Å². The number of para-hydroxylation sites is 1. The molecule has 0 aliphatic carbocycles. The van der Waals surface area contributed by atoms with Crippen LogP contribution < -0.4 is 15.4 Å². The average Bonchev–Trinajstić information content (AvgIpc) is 2.62. The maximum Gasteiger partial charge on any atom is 0.191 e. The van der Waals surface area contributed by atoms with E-state index >= 15 is 0 Å². The Kier molecular flexibility index (Phi) is 11.2. The van der Waals surface area contributed by atoms with E-state index in [0.29, 0.717) is 25.0 Å². The highest BCUT2D eigenvalue weighted by atomic mass is 16.5. The standard InChI is InChI=1S/C21H35N3O2/c1-5-13-26-20-10-8-7-9-19(20)16-24-21(22-6-2)23-15-18(11-12-25)14-17(3)4/h5,7-10,17-18,25H,1,6,11-16H2,2-4H3,(H2,22,23,24). The fourth-order valence-electron chi connectivity index (χ4n) is 2.82. The summed E-state index contributed by atoms with van der Waals surface area (Å²) in [5.41, 5.74) is 1.04. The molecule has 1 atom stereocenters. The summed E-state index contributed by atoms with van der Waals surface area (Å²) in [6, 6.07) is 7.93. The molecular weight excluding hydrogens is 326 g/mol. The molecule has 1 unspecified atom stereocenters. The van der Waals surface area contributed by atoms with Gasteiger partial charge in [0.1, 0.15) is 12.4 Å². The number of nitrogens with one attached hydrogen (secondary N) is 2. The third-order valence-corrected chi connectivity index (χ3v) is 3.98. The summed E-state index contributed by atoms with van der Waals surface area (Å²) in [5, 5.41) is 16.0. The number of aliphatic hydroxyl groups excluding tert-OH is 1. The largest absolute Gasteiger partial charge is 0.489 e. The third-order valence-electron chi connectivity index (χ3n) is 3.98. The van der Waals surface area contributed by atoms with E-state index < -0.39 is 0 Å². The molecule has 0 aromatic heterocycles. The van der Waals surface area contributed by atoms with E-state index in [0.717, 1.165) is 43.2 Å². The van der Waals surface area contributed by atoms with Crippen molar-refractivity contribution in [2.75, 3.05) is 26.3 Å². The molecule has 0 saturated carbocycles. The molecule has 0 saturated heterocycles. The van der Waals surface area contributed by atoms with Crippen molar-refractivity contribution >= 4 is 5.96 Å². The number of nitrogens with zero attached hydrogens (tertiary/aromatic N) is 1. The first-order chi connectivity index (χ1) is 12.6. The van der Waals surface area contributed by atoms with Gasteiger partial charge in [-0.3, -0.25) is 0 Å². The number of hydrogen-bond donors (Lipinski definition) is 3. The van der Waals surface area contributed by atoms with Gasteiger partial charge in [-0.25, -0.2) is 4.99 Å². The van der Waals surface area contributed by atoms with Crippen LogP contribution in [0.1, 0.15) is 39.2 Å². The zero-order valence-corrected chi connectivity index (χ0v) is 16.5. The van der Waals surface area contributed by atoms with Crippen molar-refractivity contribution < 1.29 is 9.84 Å². The molecule has 0 aliphatic rings. The number of hydrogen-bond acceptors (Lipinski definition) is 3. The molecule has 26 heavy (non-hydrogen) atoms. The lowest BCUT2D eigenvalue weighted by Gasteiger charge is -2.20. The monoisotopic (exact) mass is 361 g/mol. The smallest absolute Gasteiger partial charge is 0.191 e. The van der Waals surface area contributed by atoms with Gasteiger partial charge in [-0.2, -0.15) is 0 Å². The fraction of sp³-hybridized carbons (Fsp3) is 0.571. The Morgan fingerprint density at radius 1 is 1.31 bits per heavy atom. The summed E-state index contributed by atoms with van der Waals surface area (Å²) in [6.07, 6.45) is 3.63. The van der Waals surface area contributed by atoms with Crippen LogP contribution in [0.3, 0.4) is 0 Å². The summed E-state index contributed by atoms with van der Waals surface area (Å²) in [5.74, 6) is 2.68. The van der Waals surface area contributed by atoms with E-state index in [1.54, 1.807) is 6.08 Å². The number of aliphatic hydroxyl groups is 1. The molecule has 0 bridgehead atoms.